The molecule has 0 bridgehead atoms. The summed E-state index contributed by atoms with van der Waals surface area (Å²) in [6.45, 7) is 6.89. The Bertz CT molecular complexity index is 645. The van der Waals surface area contributed by atoms with Crippen molar-refractivity contribution in [3.8, 4) is 11.8 Å². The lowest BCUT2D eigenvalue weighted by Gasteiger charge is -2.22. The molecule has 4 nitrogen and oxygen atoms in total. The fourth-order valence-corrected chi connectivity index (χ4v) is 4.02. The second kappa shape index (κ2) is 7.81. The van der Waals surface area contributed by atoms with E-state index in [2.05, 4.69) is 11.8 Å². The van der Waals surface area contributed by atoms with Crippen LogP contribution in [0.5, 0.6) is 0 Å². The van der Waals surface area contributed by atoms with Crippen molar-refractivity contribution in [2.24, 2.45) is 11.7 Å². The van der Waals surface area contributed by atoms with Crippen LogP contribution in [0.25, 0.3) is 0 Å². The third kappa shape index (κ3) is 4.72. The first-order valence-electron chi connectivity index (χ1n) is 6.81. The van der Waals surface area contributed by atoms with E-state index in [1.807, 2.05) is 20.8 Å². The molecule has 0 saturated heterocycles. The molecule has 0 saturated carbocycles. The molecule has 1 aromatic rings. The molecule has 0 unspecified atom stereocenters. The molecule has 0 spiro atoms. The van der Waals surface area contributed by atoms with Gasteiger partial charge in [-0.25, -0.2) is 8.42 Å². The number of nitrogens with zero attached hydrogens (tertiary/aromatic N) is 1. The first kappa shape index (κ1) is 18.0. The van der Waals surface area contributed by atoms with E-state index in [1.54, 1.807) is 12.1 Å². The molecule has 0 aromatic heterocycles. The van der Waals surface area contributed by atoms with Crippen LogP contribution in [-0.4, -0.2) is 32.4 Å². The molecule has 1 aromatic carbocycles. The molecular weight excluding hydrogens is 308 g/mol. The normalized spacial score (nSPS) is 11.6. The van der Waals surface area contributed by atoms with Crippen LogP contribution in [0.15, 0.2) is 23.1 Å². The van der Waals surface area contributed by atoms with Gasteiger partial charge in [0.1, 0.15) is 4.90 Å². The molecule has 1 rings (SSSR count). The monoisotopic (exact) mass is 328 g/mol. The Morgan fingerprint density at radius 2 is 2.05 bits per heavy atom. The number of rotatable bonds is 5. The summed E-state index contributed by atoms with van der Waals surface area (Å²) in [5.74, 6) is 5.78. The third-order valence-electron chi connectivity index (χ3n) is 2.81. The van der Waals surface area contributed by atoms with E-state index in [1.165, 1.54) is 10.4 Å². The van der Waals surface area contributed by atoms with Crippen LogP contribution in [0.1, 0.15) is 26.3 Å². The number of nitrogens with two attached hydrogens (primary N) is 1. The van der Waals surface area contributed by atoms with Crippen molar-refractivity contribution in [2.75, 3.05) is 19.6 Å². The Hall–Kier alpha value is -1.06. The van der Waals surface area contributed by atoms with E-state index in [-0.39, 0.29) is 22.4 Å². The Balaban J connectivity index is 3.19. The second-order valence-electron chi connectivity index (χ2n) is 5.00. The molecule has 2 N–H and O–H groups in total. The minimum absolute atomic E-state index is 0.116. The van der Waals surface area contributed by atoms with Gasteiger partial charge in [-0.1, -0.05) is 44.2 Å². The zero-order valence-electron chi connectivity index (χ0n) is 12.6. The molecule has 0 amide bonds. The van der Waals surface area contributed by atoms with Crippen LogP contribution in [-0.2, 0) is 10.0 Å². The van der Waals surface area contributed by atoms with Crippen molar-refractivity contribution >= 4 is 21.6 Å². The third-order valence-corrected chi connectivity index (χ3v) is 5.23. The van der Waals surface area contributed by atoms with Gasteiger partial charge in [0.15, 0.2) is 0 Å². The minimum atomic E-state index is -3.59. The zero-order valence-corrected chi connectivity index (χ0v) is 14.1. The molecule has 0 aliphatic rings. The summed E-state index contributed by atoms with van der Waals surface area (Å²) in [7, 11) is -3.59. The maximum Gasteiger partial charge on any atom is 0.244 e. The average molecular weight is 329 g/mol. The van der Waals surface area contributed by atoms with Gasteiger partial charge in [0.2, 0.25) is 10.0 Å². The molecule has 0 aliphatic heterocycles. The Kier molecular flexibility index (Phi) is 6.69. The largest absolute Gasteiger partial charge is 0.320 e. The zero-order chi connectivity index (χ0) is 16.0. The lowest BCUT2D eigenvalue weighted by atomic mass is 10.2. The molecule has 0 radical (unpaired) electrons. The summed E-state index contributed by atoms with van der Waals surface area (Å²) in [4.78, 5) is 0.116. The maximum atomic E-state index is 12.6. The van der Waals surface area contributed by atoms with Crippen molar-refractivity contribution in [3.05, 3.63) is 28.8 Å². The summed E-state index contributed by atoms with van der Waals surface area (Å²) in [6, 6.07) is 4.70. The smallest absolute Gasteiger partial charge is 0.244 e. The van der Waals surface area contributed by atoms with Gasteiger partial charge in [-0.15, -0.1) is 0 Å². The van der Waals surface area contributed by atoms with Crippen LogP contribution >= 0.6 is 11.6 Å². The predicted octanol–water partition coefficient (Wildman–Crippen LogP) is 2.32. The molecular formula is C15H21ClN2O2S. The van der Waals surface area contributed by atoms with Gasteiger partial charge in [-0.3, -0.25) is 0 Å². The van der Waals surface area contributed by atoms with E-state index >= 15 is 0 Å². The van der Waals surface area contributed by atoms with Crippen molar-refractivity contribution in [1.82, 2.24) is 4.31 Å². The first-order chi connectivity index (χ1) is 9.82. The highest BCUT2D eigenvalue weighted by Gasteiger charge is 2.26. The van der Waals surface area contributed by atoms with Crippen molar-refractivity contribution in [1.29, 1.82) is 0 Å². The van der Waals surface area contributed by atoms with Gasteiger partial charge < -0.3 is 5.73 Å². The molecule has 0 atom stereocenters. The lowest BCUT2D eigenvalue weighted by Crippen LogP contribution is -2.34. The Labute approximate surface area is 132 Å². The first-order valence-corrected chi connectivity index (χ1v) is 8.63. The topological polar surface area (TPSA) is 63.4 Å². The summed E-state index contributed by atoms with van der Waals surface area (Å²) in [5, 5.41) is 0.182. The fraction of sp³-hybridized carbons (Fsp3) is 0.467. The molecule has 116 valence electrons. The van der Waals surface area contributed by atoms with Crippen LogP contribution < -0.4 is 5.73 Å². The van der Waals surface area contributed by atoms with Gasteiger partial charge in [-0.05, 0) is 24.1 Å². The Morgan fingerprint density at radius 3 is 2.52 bits per heavy atom. The second-order valence-corrected chi connectivity index (χ2v) is 7.31. The van der Waals surface area contributed by atoms with Crippen LogP contribution in [0.4, 0.5) is 0 Å². The van der Waals surface area contributed by atoms with E-state index in [4.69, 9.17) is 17.3 Å². The van der Waals surface area contributed by atoms with E-state index in [0.717, 1.165) is 0 Å². The fourth-order valence-electron chi connectivity index (χ4n) is 1.88. The number of hydrogen-bond acceptors (Lipinski definition) is 3. The van der Waals surface area contributed by atoms with Crippen molar-refractivity contribution < 1.29 is 8.42 Å². The molecule has 0 heterocycles. The number of sulfonamides is 1. The highest BCUT2D eigenvalue weighted by Crippen LogP contribution is 2.26. The average Bonchev–Trinajstić information content (AvgIpc) is 2.41. The van der Waals surface area contributed by atoms with Gasteiger partial charge in [0, 0.05) is 18.7 Å². The minimum Gasteiger partial charge on any atom is -0.320 e. The van der Waals surface area contributed by atoms with Crippen LogP contribution in [0, 0.1) is 17.8 Å². The van der Waals surface area contributed by atoms with Gasteiger partial charge >= 0.3 is 0 Å². The van der Waals surface area contributed by atoms with Gasteiger partial charge in [0.05, 0.1) is 11.6 Å². The Morgan fingerprint density at radius 1 is 1.38 bits per heavy atom. The maximum absolute atomic E-state index is 12.6. The number of benzene rings is 1. The highest BCUT2D eigenvalue weighted by atomic mass is 35.5. The standard InChI is InChI=1S/C15H21ClN2O2S/c1-4-18(11-12(2)3)21(19,20)15-8-7-13(6-5-9-17)10-14(15)16/h7-8,10,12H,4,9,11,17H2,1-3H3. The number of halogens is 1. The summed E-state index contributed by atoms with van der Waals surface area (Å²) >= 11 is 6.13. The summed E-state index contributed by atoms with van der Waals surface area (Å²) < 4.78 is 26.7. The molecule has 0 aliphatic carbocycles. The summed E-state index contributed by atoms with van der Waals surface area (Å²) in [5.41, 5.74) is 5.96. The predicted molar refractivity (Wildman–Crippen MR) is 86.7 cm³/mol. The van der Waals surface area contributed by atoms with Crippen LogP contribution in [0.3, 0.4) is 0 Å². The summed E-state index contributed by atoms with van der Waals surface area (Å²) in [6.07, 6.45) is 0. The van der Waals surface area contributed by atoms with Gasteiger partial charge in [0.25, 0.3) is 0 Å². The van der Waals surface area contributed by atoms with Crippen LogP contribution in [0.2, 0.25) is 5.02 Å². The number of hydrogen-bond donors (Lipinski definition) is 1. The highest BCUT2D eigenvalue weighted by molar-refractivity contribution is 7.89. The quantitative estimate of drug-likeness (QED) is 0.844. The SMILES string of the molecule is CCN(CC(C)C)S(=O)(=O)c1ccc(C#CCN)cc1Cl. The van der Waals surface area contributed by atoms with E-state index in [0.29, 0.717) is 18.7 Å². The lowest BCUT2D eigenvalue weighted by molar-refractivity contribution is 0.381. The van der Waals surface area contributed by atoms with Crippen molar-refractivity contribution in [2.45, 2.75) is 25.7 Å². The van der Waals surface area contributed by atoms with E-state index in [9.17, 15) is 8.42 Å². The molecule has 21 heavy (non-hydrogen) atoms. The van der Waals surface area contributed by atoms with Crippen molar-refractivity contribution in [3.63, 3.8) is 0 Å². The molecule has 6 heteroatoms. The van der Waals surface area contributed by atoms with E-state index < -0.39 is 10.0 Å². The van der Waals surface area contributed by atoms with Gasteiger partial charge in [-0.2, -0.15) is 4.31 Å². The molecule has 0 fully saturated rings.